The molecular formula is C22H25ClFN2O9P. The van der Waals surface area contributed by atoms with Crippen molar-refractivity contribution < 1.29 is 36.8 Å². The Morgan fingerprint density at radius 3 is 2.83 bits per heavy atom. The predicted molar refractivity (Wildman–Crippen MR) is 124 cm³/mol. The average Bonchev–Trinajstić information content (AvgIpc) is 2.93. The second-order valence-electron chi connectivity index (χ2n) is 8.59. The molecule has 0 spiro atoms. The Morgan fingerprint density at radius 1 is 1.36 bits per heavy atom. The molecule has 1 aromatic heterocycles. The SMILES string of the molecule is CC(=O)O[C@@H]1[C@@H](COP2(=O)OCCCC(c3cccc(Cl)c3)O2)O[C@@H](n2ccc(=O)[nH]c2=O)[C@]1(C)F. The van der Waals surface area contributed by atoms with Gasteiger partial charge in [-0.25, -0.2) is 13.8 Å². The molecule has 2 aromatic rings. The number of hydrogen-bond acceptors (Lipinski definition) is 9. The summed E-state index contributed by atoms with van der Waals surface area (Å²) in [4.78, 5) is 37.4. The zero-order valence-electron chi connectivity index (χ0n) is 19.4. The molecule has 196 valence electrons. The molecule has 2 saturated heterocycles. The number of H-pyrrole nitrogens is 1. The first-order chi connectivity index (χ1) is 17.0. The van der Waals surface area contributed by atoms with E-state index in [1.54, 1.807) is 24.3 Å². The highest BCUT2D eigenvalue weighted by Gasteiger charge is 2.58. The fraction of sp³-hybridized carbons (Fsp3) is 0.500. The van der Waals surface area contributed by atoms with E-state index in [0.717, 1.165) is 30.7 Å². The molecule has 14 heteroatoms. The molecule has 0 saturated carbocycles. The number of aromatic amines is 1. The van der Waals surface area contributed by atoms with Gasteiger partial charge in [-0.05, 0) is 37.5 Å². The number of nitrogens with zero attached hydrogens (tertiary/aromatic N) is 1. The van der Waals surface area contributed by atoms with Crippen LogP contribution < -0.4 is 11.2 Å². The number of phosphoric acid groups is 1. The van der Waals surface area contributed by atoms with Gasteiger partial charge in [0, 0.05) is 24.2 Å². The monoisotopic (exact) mass is 546 g/mol. The maximum Gasteiger partial charge on any atom is 0.475 e. The minimum Gasteiger partial charge on any atom is -0.456 e. The Morgan fingerprint density at radius 2 is 2.14 bits per heavy atom. The maximum absolute atomic E-state index is 15.9. The molecule has 11 nitrogen and oxygen atoms in total. The minimum absolute atomic E-state index is 0.0868. The lowest BCUT2D eigenvalue weighted by molar-refractivity contribution is -0.155. The third-order valence-electron chi connectivity index (χ3n) is 5.81. The van der Waals surface area contributed by atoms with Crippen molar-refractivity contribution in [2.45, 2.75) is 56.9 Å². The van der Waals surface area contributed by atoms with Crippen LogP contribution in [0.2, 0.25) is 5.02 Å². The molecule has 0 radical (unpaired) electrons. The summed E-state index contributed by atoms with van der Waals surface area (Å²) in [6, 6.07) is 7.89. The van der Waals surface area contributed by atoms with Crippen LogP contribution in [-0.2, 0) is 32.4 Å². The molecule has 36 heavy (non-hydrogen) atoms. The van der Waals surface area contributed by atoms with Gasteiger partial charge in [-0.1, -0.05) is 23.7 Å². The van der Waals surface area contributed by atoms with Crippen LogP contribution in [0.4, 0.5) is 4.39 Å². The first-order valence-corrected chi connectivity index (χ1v) is 13.0. The summed E-state index contributed by atoms with van der Waals surface area (Å²) in [5, 5.41) is 0.478. The van der Waals surface area contributed by atoms with E-state index in [1.807, 2.05) is 4.98 Å². The van der Waals surface area contributed by atoms with Crippen molar-refractivity contribution in [1.82, 2.24) is 9.55 Å². The summed E-state index contributed by atoms with van der Waals surface area (Å²) in [7, 11) is -4.16. The number of ether oxygens (including phenoxy) is 2. The van der Waals surface area contributed by atoms with Gasteiger partial charge in [0.1, 0.15) is 6.10 Å². The van der Waals surface area contributed by atoms with E-state index in [4.69, 9.17) is 34.6 Å². The molecule has 0 amide bonds. The van der Waals surface area contributed by atoms with Crippen molar-refractivity contribution in [3.05, 3.63) is 68.0 Å². The summed E-state index contributed by atoms with van der Waals surface area (Å²) in [5.74, 6) is -0.804. The molecular weight excluding hydrogens is 522 g/mol. The molecule has 1 N–H and O–H groups in total. The number of halogens is 2. The number of carbonyl (C=O) groups excluding carboxylic acids is 1. The molecule has 0 bridgehead atoms. The van der Waals surface area contributed by atoms with E-state index < -0.39 is 61.9 Å². The average molecular weight is 547 g/mol. The molecule has 2 unspecified atom stereocenters. The number of esters is 1. The maximum atomic E-state index is 15.9. The summed E-state index contributed by atoms with van der Waals surface area (Å²) >= 11 is 6.07. The van der Waals surface area contributed by atoms with Crippen LogP contribution in [0.5, 0.6) is 0 Å². The summed E-state index contributed by atoms with van der Waals surface area (Å²) in [6.07, 6.45) is -2.98. The number of alkyl halides is 1. The van der Waals surface area contributed by atoms with Crippen molar-refractivity contribution >= 4 is 25.4 Å². The van der Waals surface area contributed by atoms with Crippen LogP contribution in [0.3, 0.4) is 0 Å². The Labute approximate surface area is 210 Å². The van der Waals surface area contributed by atoms with Crippen LogP contribution >= 0.6 is 19.4 Å². The van der Waals surface area contributed by atoms with E-state index in [2.05, 4.69) is 0 Å². The molecule has 3 heterocycles. The summed E-state index contributed by atoms with van der Waals surface area (Å²) in [6.45, 7) is 1.70. The fourth-order valence-corrected chi connectivity index (χ4v) is 5.79. The van der Waals surface area contributed by atoms with Gasteiger partial charge < -0.3 is 9.47 Å². The molecule has 6 atom stereocenters. The van der Waals surface area contributed by atoms with Gasteiger partial charge in [-0.2, -0.15) is 0 Å². The van der Waals surface area contributed by atoms with Crippen LogP contribution in [0.1, 0.15) is 44.6 Å². The smallest absolute Gasteiger partial charge is 0.456 e. The number of nitrogens with one attached hydrogen (secondary N) is 1. The Bertz CT molecular complexity index is 1280. The topological polar surface area (TPSA) is 135 Å². The fourth-order valence-electron chi connectivity index (χ4n) is 4.17. The third-order valence-corrected chi connectivity index (χ3v) is 7.52. The van der Waals surface area contributed by atoms with Crippen molar-refractivity contribution in [1.29, 1.82) is 0 Å². The Hall–Kier alpha value is -2.34. The molecule has 1 aromatic carbocycles. The predicted octanol–water partition coefficient (Wildman–Crippen LogP) is 3.44. The van der Waals surface area contributed by atoms with Crippen LogP contribution in [-0.4, -0.2) is 46.6 Å². The molecule has 2 fully saturated rings. The van der Waals surface area contributed by atoms with Gasteiger partial charge in [0.05, 0.1) is 19.3 Å². The zero-order chi connectivity index (χ0) is 26.1. The number of hydrogen-bond donors (Lipinski definition) is 1. The third kappa shape index (κ3) is 5.80. The van der Waals surface area contributed by atoms with E-state index in [1.165, 1.54) is 0 Å². The van der Waals surface area contributed by atoms with Gasteiger partial charge >= 0.3 is 19.5 Å². The van der Waals surface area contributed by atoms with Gasteiger partial charge in [0.2, 0.25) is 0 Å². The van der Waals surface area contributed by atoms with Gasteiger partial charge in [0.15, 0.2) is 18.0 Å². The summed E-state index contributed by atoms with van der Waals surface area (Å²) < 4.78 is 57.6. The highest BCUT2D eigenvalue weighted by molar-refractivity contribution is 7.48. The zero-order valence-corrected chi connectivity index (χ0v) is 21.1. The van der Waals surface area contributed by atoms with Crippen molar-refractivity contribution in [3.8, 4) is 0 Å². The van der Waals surface area contributed by atoms with Crippen LogP contribution in [0.15, 0.2) is 46.1 Å². The van der Waals surface area contributed by atoms with Gasteiger partial charge in [0.25, 0.3) is 5.56 Å². The normalized spacial score (nSPS) is 32.7. The van der Waals surface area contributed by atoms with E-state index in [0.29, 0.717) is 23.4 Å². The van der Waals surface area contributed by atoms with E-state index in [9.17, 15) is 18.9 Å². The van der Waals surface area contributed by atoms with E-state index >= 15 is 4.39 Å². The van der Waals surface area contributed by atoms with Gasteiger partial charge in [-0.15, -0.1) is 0 Å². The second-order valence-corrected chi connectivity index (χ2v) is 10.7. The number of phosphoric ester groups is 1. The van der Waals surface area contributed by atoms with Crippen molar-refractivity contribution in [2.24, 2.45) is 0 Å². The van der Waals surface area contributed by atoms with Gasteiger partial charge in [-0.3, -0.25) is 32.7 Å². The number of aromatic nitrogens is 2. The van der Waals surface area contributed by atoms with Crippen molar-refractivity contribution in [2.75, 3.05) is 13.2 Å². The highest BCUT2D eigenvalue weighted by Crippen LogP contribution is 2.56. The lowest BCUT2D eigenvalue weighted by Gasteiger charge is -2.27. The molecule has 2 aliphatic rings. The lowest BCUT2D eigenvalue weighted by Crippen LogP contribution is -2.45. The number of benzene rings is 1. The van der Waals surface area contributed by atoms with Crippen LogP contribution in [0.25, 0.3) is 0 Å². The van der Waals surface area contributed by atoms with Crippen LogP contribution in [0, 0.1) is 0 Å². The standard InChI is InChI=1S/C22H25ClFN2O9P/c1-13(27)33-19-17(34-20(22(19,2)24)26-9-8-18(28)25-21(26)29)12-32-36(30)31-10-4-7-16(35-36)14-5-3-6-15(23)11-14/h3,5-6,8-9,11,16-17,19-20H,4,7,10,12H2,1-2H3,(H,25,28,29)/t16?,17-,19-,20-,22-,36?/m1/s1. The molecule has 2 aliphatic heterocycles. The first kappa shape index (κ1) is 26.7. The molecule has 0 aliphatic carbocycles. The number of rotatable bonds is 6. The second kappa shape index (κ2) is 10.6. The summed E-state index contributed by atoms with van der Waals surface area (Å²) in [5.41, 5.74) is -3.35. The Kier molecular flexibility index (Phi) is 7.84. The quantitative estimate of drug-likeness (QED) is 0.427. The lowest BCUT2D eigenvalue weighted by atomic mass is 9.98. The largest absolute Gasteiger partial charge is 0.475 e. The first-order valence-electron chi connectivity index (χ1n) is 11.1. The minimum atomic E-state index is -4.16. The Balaban J connectivity index is 1.55. The number of carbonyl (C=O) groups is 1. The highest BCUT2D eigenvalue weighted by atomic mass is 35.5. The molecule has 4 rings (SSSR count). The van der Waals surface area contributed by atoms with Crippen molar-refractivity contribution in [3.63, 3.8) is 0 Å². The van der Waals surface area contributed by atoms with E-state index in [-0.39, 0.29) is 6.61 Å².